The summed E-state index contributed by atoms with van der Waals surface area (Å²) in [5.41, 5.74) is 0.813. The van der Waals surface area contributed by atoms with Crippen molar-refractivity contribution in [1.29, 1.82) is 0 Å². The van der Waals surface area contributed by atoms with E-state index in [1.54, 1.807) is 0 Å². The van der Waals surface area contributed by atoms with Crippen LogP contribution >= 0.6 is 0 Å². The highest BCUT2D eigenvalue weighted by Crippen LogP contribution is 2.22. The highest BCUT2D eigenvalue weighted by Gasteiger charge is 2.25. The van der Waals surface area contributed by atoms with Crippen LogP contribution < -0.4 is 21.3 Å². The summed E-state index contributed by atoms with van der Waals surface area (Å²) in [6.45, 7) is 0.871. The Morgan fingerprint density at radius 3 is 2.72 bits per heavy atom. The number of rotatable bonds is 4. The van der Waals surface area contributed by atoms with Crippen LogP contribution in [0.3, 0.4) is 0 Å². The first-order chi connectivity index (χ1) is 11.8. The Hall–Kier alpha value is -2.23. The standard InChI is InChI=1S/C16H20N4O4S/c1-19-10-14(15(21)20(2)16(19)22)25(23,24)18-9-13-12-6-4-3-5-11(12)7-8-17-13/h3-6,10,13,17-18H,7-9H2,1-2H3. The molecule has 25 heavy (non-hydrogen) atoms. The zero-order valence-corrected chi connectivity index (χ0v) is 14.8. The van der Waals surface area contributed by atoms with Crippen LogP contribution in [0.5, 0.6) is 0 Å². The van der Waals surface area contributed by atoms with Gasteiger partial charge in [-0.05, 0) is 24.1 Å². The van der Waals surface area contributed by atoms with Crippen molar-refractivity contribution in [3.05, 3.63) is 62.4 Å². The zero-order valence-electron chi connectivity index (χ0n) is 14.0. The van der Waals surface area contributed by atoms with E-state index < -0.39 is 26.2 Å². The first-order valence-electron chi connectivity index (χ1n) is 7.89. The van der Waals surface area contributed by atoms with Gasteiger partial charge in [-0.2, -0.15) is 0 Å². The van der Waals surface area contributed by atoms with Crippen molar-refractivity contribution in [3.63, 3.8) is 0 Å². The molecule has 0 saturated carbocycles. The molecule has 0 saturated heterocycles. The van der Waals surface area contributed by atoms with Crippen LogP contribution in [0.4, 0.5) is 0 Å². The zero-order chi connectivity index (χ0) is 18.2. The third-order valence-corrected chi connectivity index (χ3v) is 5.80. The fourth-order valence-corrected chi connectivity index (χ4v) is 4.21. The molecule has 0 amide bonds. The van der Waals surface area contributed by atoms with E-state index in [2.05, 4.69) is 10.0 Å². The molecule has 0 spiro atoms. The van der Waals surface area contributed by atoms with Gasteiger partial charge in [0, 0.05) is 32.9 Å². The van der Waals surface area contributed by atoms with E-state index in [0.29, 0.717) is 0 Å². The van der Waals surface area contributed by atoms with Crippen molar-refractivity contribution in [3.8, 4) is 0 Å². The van der Waals surface area contributed by atoms with Crippen molar-refractivity contribution < 1.29 is 8.42 Å². The topological polar surface area (TPSA) is 102 Å². The smallest absolute Gasteiger partial charge is 0.308 e. The number of nitrogens with one attached hydrogen (secondary N) is 2. The second-order valence-corrected chi connectivity index (χ2v) is 7.79. The van der Waals surface area contributed by atoms with Gasteiger partial charge in [0.15, 0.2) is 4.90 Å². The summed E-state index contributed by atoms with van der Waals surface area (Å²) in [6, 6.07) is 7.69. The molecule has 0 fully saturated rings. The third-order valence-electron chi connectivity index (χ3n) is 4.40. The summed E-state index contributed by atoms with van der Waals surface area (Å²) in [7, 11) is -1.38. The van der Waals surface area contributed by atoms with Crippen LogP contribution in [-0.2, 0) is 30.5 Å². The SMILES string of the molecule is Cn1cc(S(=O)(=O)NCC2NCCc3ccccc32)c(=O)n(C)c1=O. The first-order valence-corrected chi connectivity index (χ1v) is 9.37. The molecule has 1 aliphatic rings. The number of sulfonamides is 1. The van der Waals surface area contributed by atoms with Gasteiger partial charge in [-0.1, -0.05) is 24.3 Å². The molecule has 1 unspecified atom stereocenters. The number of hydrogen-bond acceptors (Lipinski definition) is 5. The molecular formula is C16H20N4O4S. The minimum atomic E-state index is -4.04. The Kier molecular flexibility index (Phi) is 4.63. The Bertz CT molecular complexity index is 1020. The van der Waals surface area contributed by atoms with Crippen LogP contribution in [0.2, 0.25) is 0 Å². The van der Waals surface area contributed by atoms with Crippen molar-refractivity contribution in [1.82, 2.24) is 19.2 Å². The molecule has 1 aliphatic heterocycles. The van der Waals surface area contributed by atoms with Crippen molar-refractivity contribution >= 4 is 10.0 Å². The molecule has 1 aromatic carbocycles. The van der Waals surface area contributed by atoms with Crippen molar-refractivity contribution in [2.75, 3.05) is 13.1 Å². The van der Waals surface area contributed by atoms with E-state index in [-0.39, 0.29) is 12.6 Å². The van der Waals surface area contributed by atoms with E-state index in [4.69, 9.17) is 0 Å². The first kappa shape index (κ1) is 17.6. The number of aromatic nitrogens is 2. The van der Waals surface area contributed by atoms with Gasteiger partial charge in [0.1, 0.15) is 0 Å². The van der Waals surface area contributed by atoms with Crippen LogP contribution in [0.15, 0.2) is 44.9 Å². The monoisotopic (exact) mass is 364 g/mol. The van der Waals surface area contributed by atoms with Gasteiger partial charge in [-0.25, -0.2) is 17.9 Å². The second kappa shape index (κ2) is 6.58. The third kappa shape index (κ3) is 3.30. The molecule has 0 bridgehead atoms. The molecule has 1 atom stereocenters. The maximum atomic E-state index is 12.6. The van der Waals surface area contributed by atoms with Gasteiger partial charge in [0.05, 0.1) is 0 Å². The molecule has 2 aromatic rings. The maximum Gasteiger partial charge on any atom is 0.330 e. The minimum Gasteiger partial charge on any atom is -0.308 e. The maximum absolute atomic E-state index is 12.6. The number of fused-ring (bicyclic) bond motifs is 1. The van der Waals surface area contributed by atoms with E-state index in [1.807, 2.05) is 24.3 Å². The molecule has 2 N–H and O–H groups in total. The quantitative estimate of drug-likeness (QED) is 0.743. The lowest BCUT2D eigenvalue weighted by atomic mass is 9.95. The van der Waals surface area contributed by atoms with Gasteiger partial charge >= 0.3 is 5.69 Å². The summed E-state index contributed by atoms with van der Waals surface area (Å²) in [5, 5.41) is 3.28. The summed E-state index contributed by atoms with van der Waals surface area (Å²) in [6.07, 6.45) is 1.94. The highest BCUT2D eigenvalue weighted by molar-refractivity contribution is 7.89. The number of benzene rings is 1. The van der Waals surface area contributed by atoms with Crippen LogP contribution in [0, 0.1) is 0 Å². The Morgan fingerprint density at radius 1 is 1.24 bits per heavy atom. The van der Waals surface area contributed by atoms with Crippen molar-refractivity contribution in [2.45, 2.75) is 17.4 Å². The highest BCUT2D eigenvalue weighted by atomic mass is 32.2. The van der Waals surface area contributed by atoms with E-state index >= 15 is 0 Å². The number of nitrogens with zero attached hydrogens (tertiary/aromatic N) is 2. The average Bonchev–Trinajstić information content (AvgIpc) is 2.61. The minimum absolute atomic E-state index is 0.116. The van der Waals surface area contributed by atoms with E-state index in [9.17, 15) is 18.0 Å². The average molecular weight is 364 g/mol. The molecular weight excluding hydrogens is 344 g/mol. The molecule has 8 nitrogen and oxygen atoms in total. The fourth-order valence-electron chi connectivity index (χ4n) is 3.01. The lowest BCUT2D eigenvalue weighted by Gasteiger charge is -2.27. The summed E-state index contributed by atoms with van der Waals surface area (Å²) < 4.78 is 29.4. The summed E-state index contributed by atoms with van der Waals surface area (Å²) >= 11 is 0. The molecule has 2 heterocycles. The number of hydrogen-bond donors (Lipinski definition) is 2. The number of aryl methyl sites for hydroxylation is 1. The normalized spacial score (nSPS) is 17.3. The van der Waals surface area contributed by atoms with Gasteiger partial charge in [0.25, 0.3) is 5.56 Å². The van der Waals surface area contributed by atoms with Gasteiger partial charge in [-0.15, -0.1) is 0 Å². The van der Waals surface area contributed by atoms with E-state index in [1.165, 1.54) is 19.7 Å². The fraction of sp³-hybridized carbons (Fsp3) is 0.375. The molecule has 0 aliphatic carbocycles. The molecule has 0 radical (unpaired) electrons. The van der Waals surface area contributed by atoms with Crippen LogP contribution in [0.25, 0.3) is 0 Å². The lowest BCUT2D eigenvalue weighted by molar-refractivity contribution is 0.490. The van der Waals surface area contributed by atoms with Crippen molar-refractivity contribution in [2.24, 2.45) is 14.1 Å². The Labute approximate surface area is 145 Å². The molecule has 9 heteroatoms. The van der Waals surface area contributed by atoms with E-state index in [0.717, 1.165) is 33.9 Å². The van der Waals surface area contributed by atoms with Gasteiger partial charge in [-0.3, -0.25) is 9.36 Å². The largest absolute Gasteiger partial charge is 0.330 e. The van der Waals surface area contributed by atoms with Crippen LogP contribution in [-0.4, -0.2) is 30.6 Å². The Balaban J connectivity index is 1.87. The molecule has 1 aromatic heterocycles. The summed E-state index contributed by atoms with van der Waals surface area (Å²) in [5.74, 6) is 0. The lowest BCUT2D eigenvalue weighted by Crippen LogP contribution is -2.43. The summed E-state index contributed by atoms with van der Waals surface area (Å²) in [4.78, 5) is 23.4. The predicted octanol–water partition coefficient (Wildman–Crippen LogP) is -0.751. The Morgan fingerprint density at radius 2 is 1.96 bits per heavy atom. The molecule has 3 rings (SSSR count). The van der Waals surface area contributed by atoms with Crippen LogP contribution in [0.1, 0.15) is 17.2 Å². The van der Waals surface area contributed by atoms with Gasteiger partial charge in [0.2, 0.25) is 10.0 Å². The predicted molar refractivity (Wildman–Crippen MR) is 93.0 cm³/mol. The van der Waals surface area contributed by atoms with Gasteiger partial charge < -0.3 is 9.88 Å². The molecule has 134 valence electrons. The second-order valence-electron chi connectivity index (χ2n) is 6.06.